The number of carbonyl (C=O) groups excluding carboxylic acids is 1. The van der Waals surface area contributed by atoms with Crippen LogP contribution in [0.25, 0.3) is 0 Å². The summed E-state index contributed by atoms with van der Waals surface area (Å²) in [7, 11) is -8.22. The van der Waals surface area contributed by atoms with E-state index in [2.05, 4.69) is 14.8 Å². The highest BCUT2D eigenvalue weighted by Gasteiger charge is 2.51. The van der Waals surface area contributed by atoms with Gasteiger partial charge in [0.05, 0.1) is 29.0 Å². The molecule has 2 N–H and O–H groups in total. The van der Waals surface area contributed by atoms with Crippen molar-refractivity contribution in [1.29, 1.82) is 0 Å². The van der Waals surface area contributed by atoms with Crippen LogP contribution in [-0.4, -0.2) is 72.4 Å². The van der Waals surface area contributed by atoms with Crippen LogP contribution in [-0.2, 0) is 29.5 Å². The number of alkyl halides is 3. The summed E-state index contributed by atoms with van der Waals surface area (Å²) in [5.74, 6) is -0.974. The van der Waals surface area contributed by atoms with Crippen LogP contribution < -0.4 is 19.1 Å². The van der Waals surface area contributed by atoms with Crippen LogP contribution in [0.4, 0.5) is 33.7 Å². The van der Waals surface area contributed by atoms with Gasteiger partial charge in [0.25, 0.3) is 10.0 Å². The number of fused-ring (bicyclic) bond motifs is 1. The van der Waals surface area contributed by atoms with Crippen molar-refractivity contribution in [2.45, 2.75) is 62.0 Å². The lowest BCUT2D eigenvalue weighted by molar-refractivity contribution is -0.242. The molecule has 2 aliphatic heterocycles. The molecule has 1 amide bonds. The minimum atomic E-state index is -4.85. The van der Waals surface area contributed by atoms with Crippen LogP contribution in [0.15, 0.2) is 47.4 Å². The highest BCUT2D eigenvalue weighted by Crippen LogP contribution is 2.39. The molecule has 11 nitrogen and oxygen atoms in total. The minimum Gasteiger partial charge on any atom is -0.485 e. The van der Waals surface area contributed by atoms with Crippen LogP contribution in [0, 0.1) is 5.82 Å². The third-order valence-electron chi connectivity index (χ3n) is 6.78. The first-order valence-electron chi connectivity index (χ1n) is 13.2. The first-order chi connectivity index (χ1) is 20.0. The maximum Gasteiger partial charge on any atom is 0.427 e. The van der Waals surface area contributed by atoms with Crippen LogP contribution in [0.1, 0.15) is 33.1 Å². The average molecular weight is 654 g/mol. The molecular weight excluding hydrogens is 622 g/mol. The number of rotatable bonds is 9. The number of nitrogens with zero attached hydrogens (tertiary/aromatic N) is 1. The fourth-order valence-electron chi connectivity index (χ4n) is 4.35. The maximum absolute atomic E-state index is 13.7. The van der Waals surface area contributed by atoms with Crippen molar-refractivity contribution in [2.75, 3.05) is 35.1 Å². The number of nitrogens with one attached hydrogen (secondary N) is 2. The van der Waals surface area contributed by atoms with E-state index < -0.39 is 62.5 Å². The largest absolute Gasteiger partial charge is 0.485 e. The molecule has 0 spiro atoms. The lowest BCUT2D eigenvalue weighted by Gasteiger charge is -2.36. The van der Waals surface area contributed by atoms with E-state index in [4.69, 9.17) is 9.47 Å². The highest BCUT2D eigenvalue weighted by atomic mass is 32.2. The van der Waals surface area contributed by atoms with E-state index in [1.807, 2.05) is 0 Å². The third-order valence-corrected chi connectivity index (χ3v) is 9.99. The lowest BCUT2D eigenvalue weighted by Crippen LogP contribution is -2.49. The van der Waals surface area contributed by atoms with Gasteiger partial charge in [0, 0.05) is 18.8 Å². The first-order valence-corrected chi connectivity index (χ1v) is 16.3. The molecule has 2 aromatic rings. The molecule has 17 heteroatoms. The molecule has 0 saturated carbocycles. The molecule has 2 aromatic carbocycles. The lowest BCUT2D eigenvalue weighted by atomic mass is 10.1. The predicted octanol–water partition coefficient (Wildman–Crippen LogP) is 4.16. The van der Waals surface area contributed by atoms with Crippen molar-refractivity contribution in [3.8, 4) is 5.75 Å². The van der Waals surface area contributed by atoms with Crippen molar-refractivity contribution in [3.63, 3.8) is 0 Å². The Hall–Kier alpha value is -3.15. The molecule has 1 saturated heterocycles. The molecule has 4 rings (SSSR count). The van der Waals surface area contributed by atoms with E-state index in [1.54, 1.807) is 0 Å². The second-order valence-corrected chi connectivity index (χ2v) is 14.3. The summed E-state index contributed by atoms with van der Waals surface area (Å²) < 4.78 is 125. The number of carbonyl (C=O) groups is 1. The second-order valence-electron chi connectivity index (χ2n) is 10.6. The number of amides is 1. The fraction of sp³-hybridized carbons (Fsp3) is 0.500. The molecule has 238 valence electrons. The topological polar surface area (TPSA) is 140 Å². The van der Waals surface area contributed by atoms with Crippen molar-refractivity contribution in [1.82, 2.24) is 4.72 Å². The van der Waals surface area contributed by atoms with Crippen molar-refractivity contribution >= 4 is 37.5 Å². The first kappa shape index (κ1) is 32.8. The van der Waals surface area contributed by atoms with Gasteiger partial charge in [-0.1, -0.05) is 0 Å². The van der Waals surface area contributed by atoms with Crippen molar-refractivity contribution in [2.24, 2.45) is 0 Å². The zero-order valence-electron chi connectivity index (χ0n) is 23.2. The molecule has 0 bridgehead atoms. The van der Waals surface area contributed by atoms with Gasteiger partial charge in [0.1, 0.15) is 17.7 Å². The number of benzene rings is 2. The predicted molar refractivity (Wildman–Crippen MR) is 147 cm³/mol. The van der Waals surface area contributed by atoms with Gasteiger partial charge in [-0.15, -0.1) is 0 Å². The summed E-state index contributed by atoms with van der Waals surface area (Å²) in [6.07, 6.45) is -5.49. The fourth-order valence-corrected chi connectivity index (χ4v) is 7.16. The number of hydrogen-bond acceptors (Lipinski definition) is 8. The molecular formula is C26H31F4N3O8S2. The monoisotopic (exact) mass is 653 g/mol. The van der Waals surface area contributed by atoms with Crippen molar-refractivity contribution in [3.05, 3.63) is 48.3 Å². The van der Waals surface area contributed by atoms with E-state index in [9.17, 15) is 39.2 Å². The van der Waals surface area contributed by atoms with E-state index in [0.29, 0.717) is 26.9 Å². The summed E-state index contributed by atoms with van der Waals surface area (Å²) >= 11 is 0. The Morgan fingerprint density at radius 3 is 2.37 bits per heavy atom. The summed E-state index contributed by atoms with van der Waals surface area (Å²) in [5, 5.41) is 2.14. The summed E-state index contributed by atoms with van der Waals surface area (Å²) in [5.41, 5.74) is -3.03. The Balaban J connectivity index is 1.58. The van der Waals surface area contributed by atoms with Gasteiger partial charge in [-0.25, -0.2) is 30.7 Å². The van der Waals surface area contributed by atoms with Gasteiger partial charge in [-0.2, -0.15) is 13.2 Å². The average Bonchev–Trinajstić information content (AvgIpc) is 2.91. The van der Waals surface area contributed by atoms with Gasteiger partial charge in [0.2, 0.25) is 15.6 Å². The van der Waals surface area contributed by atoms with Crippen molar-refractivity contribution < 1.29 is 53.4 Å². The molecule has 1 unspecified atom stereocenters. The molecule has 0 aliphatic carbocycles. The van der Waals surface area contributed by atoms with Crippen LogP contribution in [0.5, 0.6) is 5.75 Å². The number of hydrogen-bond donors (Lipinski definition) is 2. The van der Waals surface area contributed by atoms with Gasteiger partial charge in [-0.05, 0) is 75.6 Å². The number of halogens is 4. The Morgan fingerprint density at radius 2 is 1.74 bits per heavy atom. The Morgan fingerprint density at radius 1 is 1.05 bits per heavy atom. The smallest absolute Gasteiger partial charge is 0.427 e. The van der Waals surface area contributed by atoms with E-state index >= 15 is 0 Å². The van der Waals surface area contributed by atoms with Crippen LogP contribution >= 0.6 is 0 Å². The SMILES string of the molecule is CC(C)(OC(=O)Nc1ccc2c(c1)N(S(=O)(=O)c1ccc(F)cc1)C[C@H](CNS(=O)(=O)CC1CCCCO1)O2)C(F)(F)F. The summed E-state index contributed by atoms with van der Waals surface area (Å²) in [6, 6.07) is 7.65. The number of anilines is 2. The molecule has 1 fully saturated rings. The summed E-state index contributed by atoms with van der Waals surface area (Å²) in [6.45, 7) is 1.10. The van der Waals surface area contributed by atoms with Gasteiger partial charge in [0.15, 0.2) is 0 Å². The van der Waals surface area contributed by atoms with Gasteiger partial charge in [-0.3, -0.25) is 9.62 Å². The van der Waals surface area contributed by atoms with Crippen LogP contribution in [0.3, 0.4) is 0 Å². The Bertz CT molecular complexity index is 1530. The maximum atomic E-state index is 13.7. The zero-order chi connectivity index (χ0) is 31.6. The zero-order valence-corrected chi connectivity index (χ0v) is 24.8. The van der Waals surface area contributed by atoms with Crippen LogP contribution in [0.2, 0.25) is 0 Å². The van der Waals surface area contributed by atoms with E-state index in [0.717, 1.165) is 47.5 Å². The quantitative estimate of drug-likeness (QED) is 0.385. The summed E-state index contributed by atoms with van der Waals surface area (Å²) in [4.78, 5) is 12.0. The molecule has 2 atom stereocenters. The molecule has 0 radical (unpaired) electrons. The normalized spacial score (nSPS) is 19.7. The molecule has 0 aromatic heterocycles. The Kier molecular flexibility index (Phi) is 9.49. The van der Waals surface area contributed by atoms with E-state index in [1.165, 1.54) is 12.1 Å². The number of ether oxygens (including phenoxy) is 3. The second kappa shape index (κ2) is 12.5. The minimum absolute atomic E-state index is 0.0220. The third kappa shape index (κ3) is 8.07. The van der Waals surface area contributed by atoms with Gasteiger partial charge >= 0.3 is 12.3 Å². The Labute approximate surface area is 246 Å². The number of sulfonamides is 2. The van der Waals surface area contributed by atoms with E-state index in [-0.39, 0.29) is 34.3 Å². The standard InChI is InChI=1S/C26H31F4N3O8S2/c1-25(2,26(28,29)30)41-24(34)32-18-8-11-23-22(13-18)33(43(37,38)21-9-6-17(27)7-10-21)15-20(40-23)14-31-42(35,36)16-19-5-3-4-12-39-19/h6-11,13,19-20,31H,3-5,12,14-16H2,1-2H3,(H,32,34)/t19?,20-/m0/s1. The molecule has 43 heavy (non-hydrogen) atoms. The molecule has 2 aliphatic rings. The highest BCUT2D eigenvalue weighted by molar-refractivity contribution is 7.92. The van der Waals surface area contributed by atoms with Gasteiger partial charge < -0.3 is 14.2 Å². The molecule has 2 heterocycles.